The molecule has 1 heterocycles. The van der Waals surface area contributed by atoms with Crippen LogP contribution in [-0.4, -0.2) is 22.0 Å². The van der Waals surface area contributed by atoms with Crippen LogP contribution in [0.2, 0.25) is 5.02 Å². The molecule has 0 bridgehead atoms. The molecule has 1 aromatic heterocycles. The number of thiazole rings is 1. The van der Waals surface area contributed by atoms with Gasteiger partial charge in [-0.25, -0.2) is 4.98 Å². The maximum absolute atomic E-state index is 13.0. The average Bonchev–Trinajstić information content (AvgIpc) is 3.40. The number of fused-ring (bicyclic) bond motifs is 1. The van der Waals surface area contributed by atoms with Gasteiger partial charge in [0.2, 0.25) is 5.91 Å². The molecule has 5 nitrogen and oxygen atoms in total. The Hall–Kier alpha value is -3.65. The highest BCUT2D eigenvalue weighted by Crippen LogP contribution is 2.30. The highest BCUT2D eigenvalue weighted by Gasteiger charge is 2.20. The molecule has 190 valence electrons. The monoisotopic (exact) mass is 557 g/mol. The lowest BCUT2D eigenvalue weighted by Gasteiger charge is -2.14. The van der Waals surface area contributed by atoms with Gasteiger partial charge in [0.15, 0.2) is 5.13 Å². The van der Waals surface area contributed by atoms with E-state index in [1.807, 2.05) is 103 Å². The third kappa shape index (κ3) is 6.25. The molecule has 0 aliphatic carbocycles. The van der Waals surface area contributed by atoms with Crippen LogP contribution in [0.4, 0.5) is 10.8 Å². The zero-order valence-electron chi connectivity index (χ0n) is 20.5. The first kappa shape index (κ1) is 26.0. The van der Waals surface area contributed by atoms with E-state index in [1.165, 1.54) is 23.1 Å². The highest BCUT2D eigenvalue weighted by molar-refractivity contribution is 8.00. The summed E-state index contributed by atoms with van der Waals surface area (Å²) in [7, 11) is 0. The molecular formula is C30H24ClN3O2S2. The number of hydrogen-bond acceptors (Lipinski definition) is 5. The molecule has 2 N–H and O–H groups in total. The van der Waals surface area contributed by atoms with Crippen LogP contribution in [-0.2, 0) is 4.79 Å². The number of nitrogens with zero attached hydrogens (tertiary/aromatic N) is 1. The highest BCUT2D eigenvalue weighted by atomic mass is 35.5. The Balaban J connectivity index is 1.23. The van der Waals surface area contributed by atoms with Gasteiger partial charge in [0.05, 0.1) is 10.9 Å². The Labute approximate surface area is 234 Å². The minimum Gasteiger partial charge on any atom is -0.322 e. The number of carbonyl (C=O) groups excluding carboxylic acids is 2. The summed E-state index contributed by atoms with van der Waals surface area (Å²) in [5.74, 6) is -0.289. The summed E-state index contributed by atoms with van der Waals surface area (Å²) in [5.41, 5.74) is 3.00. The van der Waals surface area contributed by atoms with E-state index < -0.39 is 0 Å². The Morgan fingerprint density at radius 3 is 2.50 bits per heavy atom. The Bertz CT molecular complexity index is 1600. The maximum atomic E-state index is 13.0. The van der Waals surface area contributed by atoms with Crippen molar-refractivity contribution in [3.8, 4) is 11.3 Å². The number of carbonyl (C=O) groups is 2. The topological polar surface area (TPSA) is 71.1 Å². The second-order valence-electron chi connectivity index (χ2n) is 8.59. The Morgan fingerprint density at radius 2 is 1.71 bits per heavy atom. The fraction of sp³-hybridized carbons (Fsp3) is 0.100. The molecule has 38 heavy (non-hydrogen) atoms. The average molecular weight is 558 g/mol. The van der Waals surface area contributed by atoms with Crippen molar-refractivity contribution in [3.63, 3.8) is 0 Å². The zero-order valence-corrected chi connectivity index (χ0v) is 22.9. The molecule has 0 radical (unpaired) electrons. The van der Waals surface area contributed by atoms with Crippen LogP contribution in [0.3, 0.4) is 0 Å². The maximum Gasteiger partial charge on any atom is 0.255 e. The minimum absolute atomic E-state index is 0.111. The van der Waals surface area contributed by atoms with Crippen molar-refractivity contribution in [1.29, 1.82) is 0 Å². The molecule has 0 saturated heterocycles. The van der Waals surface area contributed by atoms with Crippen molar-refractivity contribution in [2.45, 2.75) is 23.5 Å². The number of anilines is 2. The van der Waals surface area contributed by atoms with Gasteiger partial charge in [0, 0.05) is 32.1 Å². The number of rotatable bonds is 8. The van der Waals surface area contributed by atoms with Crippen LogP contribution < -0.4 is 10.6 Å². The predicted molar refractivity (Wildman–Crippen MR) is 159 cm³/mol. The van der Waals surface area contributed by atoms with Gasteiger partial charge in [-0.1, -0.05) is 67.1 Å². The molecule has 5 aromatic rings. The molecule has 1 unspecified atom stereocenters. The van der Waals surface area contributed by atoms with Gasteiger partial charge in [0.25, 0.3) is 5.91 Å². The van der Waals surface area contributed by atoms with Gasteiger partial charge in [0.1, 0.15) is 0 Å². The SMILES string of the molecule is CCC(Sc1cccc(NC(=O)c2ccc3ccccc3c2)c1)C(=O)Nc1nc(-c2ccc(Cl)cc2)cs1. The van der Waals surface area contributed by atoms with Crippen LogP contribution in [0.1, 0.15) is 23.7 Å². The smallest absolute Gasteiger partial charge is 0.255 e. The van der Waals surface area contributed by atoms with E-state index in [0.29, 0.717) is 27.8 Å². The van der Waals surface area contributed by atoms with E-state index in [2.05, 4.69) is 15.6 Å². The lowest BCUT2D eigenvalue weighted by molar-refractivity contribution is -0.115. The van der Waals surface area contributed by atoms with Crippen LogP contribution >= 0.6 is 34.7 Å². The third-order valence-corrected chi connectivity index (χ3v) is 8.29. The molecule has 2 amide bonds. The van der Waals surface area contributed by atoms with E-state index in [9.17, 15) is 9.59 Å². The standard InChI is InChI=1S/C30H24ClN3O2S2/c1-2-27(29(36)34-30-33-26(18-37-30)20-12-14-23(31)15-13-20)38-25-9-5-8-24(17-25)32-28(35)22-11-10-19-6-3-4-7-21(19)16-22/h3-18,27H,2H2,1H3,(H,32,35)(H,33,34,36). The fourth-order valence-electron chi connectivity index (χ4n) is 3.94. The van der Waals surface area contributed by atoms with Crippen molar-refractivity contribution in [2.24, 2.45) is 0 Å². The molecule has 1 atom stereocenters. The van der Waals surface area contributed by atoms with Crippen molar-refractivity contribution in [1.82, 2.24) is 4.98 Å². The Kier molecular flexibility index (Phi) is 8.08. The van der Waals surface area contributed by atoms with E-state index >= 15 is 0 Å². The summed E-state index contributed by atoms with van der Waals surface area (Å²) in [4.78, 5) is 31.4. The fourth-order valence-corrected chi connectivity index (χ4v) is 5.80. The molecular weight excluding hydrogens is 534 g/mol. The van der Waals surface area contributed by atoms with Crippen molar-refractivity contribution >= 4 is 68.1 Å². The summed E-state index contributed by atoms with van der Waals surface area (Å²) < 4.78 is 0. The molecule has 5 rings (SSSR count). The number of nitrogens with one attached hydrogen (secondary N) is 2. The van der Waals surface area contributed by atoms with Gasteiger partial charge in [-0.15, -0.1) is 23.1 Å². The van der Waals surface area contributed by atoms with Gasteiger partial charge in [-0.3, -0.25) is 9.59 Å². The number of amides is 2. The van der Waals surface area contributed by atoms with E-state index in [4.69, 9.17) is 11.6 Å². The summed E-state index contributed by atoms with van der Waals surface area (Å²) >= 11 is 8.82. The van der Waals surface area contributed by atoms with Crippen molar-refractivity contribution in [2.75, 3.05) is 10.6 Å². The third-order valence-electron chi connectivity index (χ3n) is 5.92. The molecule has 0 aliphatic rings. The summed E-state index contributed by atoms with van der Waals surface area (Å²) in [6.07, 6.45) is 0.638. The van der Waals surface area contributed by atoms with Crippen LogP contribution in [0.5, 0.6) is 0 Å². The first-order valence-electron chi connectivity index (χ1n) is 12.1. The molecule has 4 aromatic carbocycles. The van der Waals surface area contributed by atoms with Crippen molar-refractivity contribution < 1.29 is 9.59 Å². The van der Waals surface area contributed by atoms with Crippen molar-refractivity contribution in [3.05, 3.63) is 107 Å². The number of aromatic nitrogens is 1. The lowest BCUT2D eigenvalue weighted by atomic mass is 10.1. The Morgan fingerprint density at radius 1 is 0.921 bits per heavy atom. The number of halogens is 1. The molecule has 0 aliphatic heterocycles. The van der Waals surface area contributed by atoms with E-state index in [-0.39, 0.29) is 17.1 Å². The summed E-state index contributed by atoms with van der Waals surface area (Å²) in [6, 6.07) is 28.6. The number of thioether (sulfide) groups is 1. The van der Waals surface area contributed by atoms with E-state index in [1.54, 1.807) is 0 Å². The molecule has 0 fully saturated rings. The van der Waals surface area contributed by atoms with Crippen LogP contribution in [0.15, 0.2) is 101 Å². The summed E-state index contributed by atoms with van der Waals surface area (Å²) in [5, 5.41) is 10.8. The normalized spacial score (nSPS) is 11.7. The lowest BCUT2D eigenvalue weighted by Crippen LogP contribution is -2.24. The number of hydrogen-bond donors (Lipinski definition) is 2. The van der Waals surface area contributed by atoms with Crippen LogP contribution in [0.25, 0.3) is 22.0 Å². The molecule has 0 spiro atoms. The van der Waals surface area contributed by atoms with E-state index in [0.717, 1.165) is 26.9 Å². The van der Waals surface area contributed by atoms with Crippen LogP contribution in [0, 0.1) is 0 Å². The molecule has 8 heteroatoms. The predicted octanol–water partition coefficient (Wildman–Crippen LogP) is 8.38. The minimum atomic E-state index is -0.315. The largest absolute Gasteiger partial charge is 0.322 e. The number of benzene rings is 4. The second-order valence-corrected chi connectivity index (χ2v) is 11.2. The van der Waals surface area contributed by atoms with Gasteiger partial charge in [-0.05, 0) is 59.7 Å². The zero-order chi connectivity index (χ0) is 26.5. The first-order chi connectivity index (χ1) is 18.5. The second kappa shape index (κ2) is 11.8. The first-order valence-corrected chi connectivity index (χ1v) is 14.2. The molecule has 0 saturated carbocycles. The van der Waals surface area contributed by atoms with Gasteiger partial charge < -0.3 is 10.6 Å². The van der Waals surface area contributed by atoms with Gasteiger partial charge in [-0.2, -0.15) is 0 Å². The van der Waals surface area contributed by atoms with Gasteiger partial charge >= 0.3 is 0 Å². The quantitative estimate of drug-likeness (QED) is 0.188. The summed E-state index contributed by atoms with van der Waals surface area (Å²) in [6.45, 7) is 1.98.